The van der Waals surface area contributed by atoms with Crippen LogP contribution in [-0.2, 0) is 10.0 Å². The van der Waals surface area contributed by atoms with Gasteiger partial charge in [-0.3, -0.25) is 0 Å². The summed E-state index contributed by atoms with van der Waals surface area (Å²) in [5.74, 6) is 0.541. The molecule has 5 heteroatoms. The fourth-order valence-electron chi connectivity index (χ4n) is 2.57. The molecule has 0 heterocycles. The fraction of sp³-hybridized carbons (Fsp3) is 0.438. The van der Waals surface area contributed by atoms with E-state index in [1.807, 2.05) is 13.0 Å². The van der Waals surface area contributed by atoms with Gasteiger partial charge in [-0.05, 0) is 57.1 Å². The SMILES string of the molecule is C=CC[C@@H]1CCC/C(=N\NS(=O)(=O)c2ccc(C)cc2)C1. The van der Waals surface area contributed by atoms with Crippen molar-refractivity contribution in [2.24, 2.45) is 11.0 Å². The van der Waals surface area contributed by atoms with Gasteiger partial charge in [-0.1, -0.05) is 23.8 Å². The highest BCUT2D eigenvalue weighted by molar-refractivity contribution is 7.89. The zero-order valence-corrected chi connectivity index (χ0v) is 13.2. The highest BCUT2D eigenvalue weighted by Crippen LogP contribution is 2.25. The number of hydrazone groups is 1. The third-order valence-electron chi connectivity index (χ3n) is 3.76. The number of nitrogens with zero attached hydrogens (tertiary/aromatic N) is 1. The first-order valence-electron chi connectivity index (χ1n) is 7.26. The van der Waals surface area contributed by atoms with Gasteiger partial charge >= 0.3 is 0 Å². The lowest BCUT2D eigenvalue weighted by molar-refractivity contribution is 0.463. The van der Waals surface area contributed by atoms with Crippen LogP contribution in [0.4, 0.5) is 0 Å². The van der Waals surface area contributed by atoms with Gasteiger partial charge in [0.2, 0.25) is 0 Å². The van der Waals surface area contributed by atoms with E-state index in [0.29, 0.717) is 5.92 Å². The fourth-order valence-corrected chi connectivity index (χ4v) is 3.41. The average Bonchev–Trinajstić information content (AvgIpc) is 2.47. The minimum atomic E-state index is -3.56. The molecule has 2 rings (SSSR count). The Balaban J connectivity index is 2.05. The normalized spacial score (nSPS) is 21.2. The summed E-state index contributed by atoms with van der Waals surface area (Å²) in [6.45, 7) is 5.68. The van der Waals surface area contributed by atoms with Crippen LogP contribution in [0.15, 0.2) is 46.9 Å². The summed E-state index contributed by atoms with van der Waals surface area (Å²) in [5.41, 5.74) is 1.96. The van der Waals surface area contributed by atoms with Crippen LogP contribution >= 0.6 is 0 Å². The number of allylic oxidation sites excluding steroid dienone is 1. The Morgan fingerprint density at radius 3 is 2.76 bits per heavy atom. The Bertz CT molecular complexity index is 618. The maximum atomic E-state index is 12.2. The Kier molecular flexibility index (Phi) is 5.17. The smallest absolute Gasteiger partial charge is 0.200 e. The van der Waals surface area contributed by atoms with Crippen LogP contribution < -0.4 is 4.83 Å². The Morgan fingerprint density at radius 2 is 2.10 bits per heavy atom. The monoisotopic (exact) mass is 306 g/mol. The van der Waals surface area contributed by atoms with E-state index in [1.165, 1.54) is 0 Å². The van der Waals surface area contributed by atoms with Gasteiger partial charge in [0.1, 0.15) is 0 Å². The first-order chi connectivity index (χ1) is 10.0. The van der Waals surface area contributed by atoms with Gasteiger partial charge in [0, 0.05) is 5.71 Å². The second-order valence-corrected chi connectivity index (χ2v) is 7.23. The minimum absolute atomic E-state index is 0.246. The van der Waals surface area contributed by atoms with Crippen LogP contribution in [0.2, 0.25) is 0 Å². The molecule has 1 aromatic rings. The molecule has 1 aromatic carbocycles. The summed E-state index contributed by atoms with van der Waals surface area (Å²) in [7, 11) is -3.56. The van der Waals surface area contributed by atoms with E-state index >= 15 is 0 Å². The van der Waals surface area contributed by atoms with Gasteiger partial charge < -0.3 is 0 Å². The van der Waals surface area contributed by atoms with Crippen LogP contribution in [0.1, 0.15) is 37.7 Å². The molecule has 1 fully saturated rings. The van der Waals surface area contributed by atoms with Crippen molar-refractivity contribution in [3.05, 3.63) is 42.5 Å². The number of hydrogen-bond acceptors (Lipinski definition) is 3. The number of rotatable bonds is 5. The van der Waals surface area contributed by atoms with Crippen molar-refractivity contribution < 1.29 is 8.42 Å². The van der Waals surface area contributed by atoms with E-state index in [-0.39, 0.29) is 4.90 Å². The lowest BCUT2D eigenvalue weighted by atomic mass is 9.86. The quantitative estimate of drug-likeness (QED) is 0.669. The lowest BCUT2D eigenvalue weighted by Crippen LogP contribution is -2.23. The number of nitrogens with one attached hydrogen (secondary N) is 1. The third kappa shape index (κ3) is 4.43. The van der Waals surface area contributed by atoms with Crippen molar-refractivity contribution >= 4 is 15.7 Å². The average molecular weight is 306 g/mol. The molecule has 1 N–H and O–H groups in total. The standard InChI is InChI=1S/C16H22N2O2S/c1-3-5-14-6-4-7-15(12-14)17-18-21(19,20)16-10-8-13(2)9-11-16/h3,8-11,14,18H,1,4-7,12H2,2H3/b17-15+/t14-/m1/s1. The minimum Gasteiger partial charge on any atom is -0.200 e. The van der Waals surface area contributed by atoms with E-state index in [0.717, 1.165) is 43.4 Å². The predicted octanol–water partition coefficient (Wildman–Crippen LogP) is 3.40. The van der Waals surface area contributed by atoms with Crippen LogP contribution in [0.5, 0.6) is 0 Å². The summed E-state index contributed by atoms with van der Waals surface area (Å²) >= 11 is 0. The van der Waals surface area contributed by atoms with E-state index in [4.69, 9.17) is 0 Å². The van der Waals surface area contributed by atoms with Crippen molar-refractivity contribution in [1.29, 1.82) is 0 Å². The predicted molar refractivity (Wildman–Crippen MR) is 85.7 cm³/mol. The zero-order valence-electron chi connectivity index (χ0n) is 12.4. The molecule has 1 aliphatic carbocycles. The molecular weight excluding hydrogens is 284 g/mol. The topological polar surface area (TPSA) is 58.5 Å². The summed E-state index contributed by atoms with van der Waals surface area (Å²) in [5, 5.41) is 4.13. The molecule has 21 heavy (non-hydrogen) atoms. The van der Waals surface area contributed by atoms with E-state index < -0.39 is 10.0 Å². The highest BCUT2D eigenvalue weighted by atomic mass is 32.2. The summed E-state index contributed by atoms with van der Waals surface area (Å²) in [6.07, 6.45) is 6.82. The maximum absolute atomic E-state index is 12.2. The maximum Gasteiger partial charge on any atom is 0.276 e. The molecule has 0 saturated heterocycles. The van der Waals surface area contributed by atoms with Gasteiger partial charge in [0.25, 0.3) is 10.0 Å². The van der Waals surface area contributed by atoms with Gasteiger partial charge in [-0.15, -0.1) is 6.58 Å². The van der Waals surface area contributed by atoms with Crippen molar-refractivity contribution in [3.63, 3.8) is 0 Å². The van der Waals surface area contributed by atoms with Crippen LogP contribution in [-0.4, -0.2) is 14.1 Å². The number of benzene rings is 1. The molecule has 0 radical (unpaired) electrons. The summed E-state index contributed by atoms with van der Waals surface area (Å²) < 4.78 is 24.3. The zero-order chi connectivity index (χ0) is 15.3. The second kappa shape index (κ2) is 6.89. The van der Waals surface area contributed by atoms with E-state index in [9.17, 15) is 8.42 Å². The third-order valence-corrected chi connectivity index (χ3v) is 4.98. The Hall–Kier alpha value is -1.62. The Morgan fingerprint density at radius 1 is 1.38 bits per heavy atom. The van der Waals surface area contributed by atoms with Crippen molar-refractivity contribution in [3.8, 4) is 0 Å². The van der Waals surface area contributed by atoms with Crippen molar-refractivity contribution in [2.45, 2.75) is 43.9 Å². The van der Waals surface area contributed by atoms with Gasteiger partial charge in [-0.2, -0.15) is 13.5 Å². The van der Waals surface area contributed by atoms with Crippen molar-refractivity contribution in [1.82, 2.24) is 4.83 Å². The number of sulfonamides is 1. The summed E-state index contributed by atoms with van der Waals surface area (Å²) in [4.78, 5) is 2.61. The van der Waals surface area contributed by atoms with Crippen LogP contribution in [0, 0.1) is 12.8 Å². The second-order valence-electron chi connectivity index (χ2n) is 5.57. The molecule has 1 saturated carbocycles. The molecular formula is C16H22N2O2S. The molecule has 0 amide bonds. The number of hydrogen-bond donors (Lipinski definition) is 1. The highest BCUT2D eigenvalue weighted by Gasteiger charge is 2.18. The van der Waals surface area contributed by atoms with Crippen molar-refractivity contribution in [2.75, 3.05) is 0 Å². The molecule has 0 unspecified atom stereocenters. The molecule has 1 aliphatic rings. The molecule has 4 nitrogen and oxygen atoms in total. The summed E-state index contributed by atoms with van der Waals surface area (Å²) in [6, 6.07) is 6.75. The lowest BCUT2D eigenvalue weighted by Gasteiger charge is -2.21. The molecule has 0 spiro atoms. The molecule has 1 atom stereocenters. The molecule has 114 valence electrons. The number of aryl methyl sites for hydroxylation is 1. The van der Waals surface area contributed by atoms with Crippen LogP contribution in [0.25, 0.3) is 0 Å². The van der Waals surface area contributed by atoms with Gasteiger partial charge in [0.15, 0.2) is 0 Å². The van der Waals surface area contributed by atoms with E-state index in [1.54, 1.807) is 24.3 Å². The first kappa shape index (κ1) is 15.8. The largest absolute Gasteiger partial charge is 0.276 e. The van der Waals surface area contributed by atoms with Gasteiger partial charge in [-0.25, -0.2) is 4.83 Å². The molecule has 0 aliphatic heterocycles. The van der Waals surface area contributed by atoms with Gasteiger partial charge in [0.05, 0.1) is 4.90 Å². The first-order valence-corrected chi connectivity index (χ1v) is 8.74. The van der Waals surface area contributed by atoms with Crippen LogP contribution in [0.3, 0.4) is 0 Å². The molecule has 0 bridgehead atoms. The van der Waals surface area contributed by atoms with E-state index in [2.05, 4.69) is 16.5 Å². The Labute approximate surface area is 127 Å². The molecule has 0 aromatic heterocycles.